The zero-order chi connectivity index (χ0) is 16.1. The van der Waals surface area contributed by atoms with E-state index in [-0.39, 0.29) is 12.1 Å². The van der Waals surface area contributed by atoms with Gasteiger partial charge in [0.05, 0.1) is 6.04 Å². The van der Waals surface area contributed by atoms with Gasteiger partial charge in [0.1, 0.15) is 0 Å². The smallest absolute Gasteiger partial charge is 0.0581 e. The van der Waals surface area contributed by atoms with Gasteiger partial charge in [-0.05, 0) is 30.5 Å². The number of rotatable bonds is 5. The topological polar surface area (TPSA) is 12.0 Å². The zero-order valence-electron chi connectivity index (χ0n) is 13.7. The van der Waals surface area contributed by atoms with Crippen molar-refractivity contribution in [1.29, 1.82) is 0 Å². The van der Waals surface area contributed by atoms with Gasteiger partial charge in [-0.15, -0.1) is 0 Å². The third-order valence-corrected chi connectivity index (χ3v) is 4.26. The molecule has 0 aliphatic rings. The molecule has 1 nitrogen and oxygen atoms in total. The molecule has 0 amide bonds. The Labute approximate surface area is 139 Å². The summed E-state index contributed by atoms with van der Waals surface area (Å²) in [5.74, 6) is 0. The first-order chi connectivity index (χ1) is 11.2. The van der Waals surface area contributed by atoms with Gasteiger partial charge in [0, 0.05) is 6.04 Å². The predicted molar refractivity (Wildman–Crippen MR) is 97.5 cm³/mol. The molecule has 0 radical (unpaired) electrons. The van der Waals surface area contributed by atoms with Crippen LogP contribution in [0.4, 0.5) is 0 Å². The first-order valence-electron chi connectivity index (χ1n) is 8.16. The average Bonchev–Trinajstić information content (AvgIpc) is 2.61. The Balaban J connectivity index is 1.88. The molecule has 0 heterocycles. The Hall–Kier alpha value is -2.38. The standard InChI is InChI=1S/C22H23N/c1-17-13-15-19(16-14-17)18(2)23-22(20-9-5-3-6-10-20)21-11-7-4-8-12-21/h3-16,18,22-23H,1-2H3. The lowest BCUT2D eigenvalue weighted by Gasteiger charge is -2.25. The van der Waals surface area contributed by atoms with Crippen molar-refractivity contribution in [2.75, 3.05) is 0 Å². The molecule has 23 heavy (non-hydrogen) atoms. The maximum atomic E-state index is 3.79. The van der Waals surface area contributed by atoms with Crippen molar-refractivity contribution in [1.82, 2.24) is 5.32 Å². The van der Waals surface area contributed by atoms with E-state index in [1.165, 1.54) is 22.3 Å². The van der Waals surface area contributed by atoms with Crippen LogP contribution in [0.1, 0.15) is 41.3 Å². The minimum absolute atomic E-state index is 0.189. The highest BCUT2D eigenvalue weighted by Gasteiger charge is 2.17. The molecule has 1 unspecified atom stereocenters. The number of hydrogen-bond acceptors (Lipinski definition) is 1. The van der Waals surface area contributed by atoms with Crippen LogP contribution < -0.4 is 5.32 Å². The van der Waals surface area contributed by atoms with Crippen LogP contribution in [0.5, 0.6) is 0 Å². The van der Waals surface area contributed by atoms with Crippen molar-refractivity contribution < 1.29 is 0 Å². The summed E-state index contributed by atoms with van der Waals surface area (Å²) in [4.78, 5) is 0. The molecule has 0 saturated heterocycles. The molecule has 0 aromatic heterocycles. The molecule has 0 bridgehead atoms. The van der Waals surface area contributed by atoms with Gasteiger partial charge >= 0.3 is 0 Å². The number of hydrogen-bond donors (Lipinski definition) is 1. The fraction of sp³-hybridized carbons (Fsp3) is 0.182. The second-order valence-corrected chi connectivity index (χ2v) is 6.05. The second kappa shape index (κ2) is 7.26. The Morgan fingerprint density at radius 1 is 0.609 bits per heavy atom. The van der Waals surface area contributed by atoms with Gasteiger partial charge in [-0.1, -0.05) is 90.5 Å². The quantitative estimate of drug-likeness (QED) is 0.662. The summed E-state index contributed by atoms with van der Waals surface area (Å²) in [6.07, 6.45) is 0. The molecule has 3 aromatic rings. The molecule has 0 aliphatic heterocycles. The van der Waals surface area contributed by atoms with Crippen LogP contribution in [0.2, 0.25) is 0 Å². The van der Waals surface area contributed by atoms with Crippen LogP contribution in [0.25, 0.3) is 0 Å². The highest BCUT2D eigenvalue weighted by atomic mass is 14.9. The highest BCUT2D eigenvalue weighted by Crippen LogP contribution is 2.26. The van der Waals surface area contributed by atoms with Crippen LogP contribution in [0.3, 0.4) is 0 Å². The molecule has 1 N–H and O–H groups in total. The largest absolute Gasteiger partial charge is 0.300 e. The lowest BCUT2D eigenvalue weighted by atomic mass is 9.96. The minimum Gasteiger partial charge on any atom is -0.300 e. The summed E-state index contributed by atoms with van der Waals surface area (Å²) < 4.78 is 0. The Morgan fingerprint density at radius 3 is 1.57 bits per heavy atom. The molecule has 1 heteroatoms. The average molecular weight is 301 g/mol. The molecule has 116 valence electrons. The Bertz CT molecular complexity index is 677. The van der Waals surface area contributed by atoms with Gasteiger partial charge in [-0.3, -0.25) is 5.32 Å². The number of aryl methyl sites for hydroxylation is 1. The molecule has 0 aliphatic carbocycles. The second-order valence-electron chi connectivity index (χ2n) is 6.05. The predicted octanol–water partition coefficient (Wildman–Crippen LogP) is 5.44. The molecule has 3 rings (SSSR count). The van der Waals surface area contributed by atoms with Crippen LogP contribution in [-0.4, -0.2) is 0 Å². The van der Waals surface area contributed by atoms with E-state index < -0.39 is 0 Å². The molecule has 3 aromatic carbocycles. The molecular weight excluding hydrogens is 278 g/mol. The third kappa shape index (κ3) is 3.88. The van der Waals surface area contributed by atoms with E-state index in [9.17, 15) is 0 Å². The third-order valence-electron chi connectivity index (χ3n) is 4.26. The van der Waals surface area contributed by atoms with Crippen LogP contribution >= 0.6 is 0 Å². The van der Waals surface area contributed by atoms with Crippen molar-refractivity contribution >= 4 is 0 Å². The van der Waals surface area contributed by atoms with Crippen LogP contribution in [0, 0.1) is 6.92 Å². The van der Waals surface area contributed by atoms with Crippen molar-refractivity contribution in [3.8, 4) is 0 Å². The SMILES string of the molecule is Cc1ccc(C(C)NC(c2ccccc2)c2ccccc2)cc1. The molecule has 1 atom stereocenters. The maximum absolute atomic E-state index is 3.79. The molecule has 0 saturated carbocycles. The van der Waals surface area contributed by atoms with Crippen molar-refractivity contribution in [2.24, 2.45) is 0 Å². The lowest BCUT2D eigenvalue weighted by Crippen LogP contribution is -2.25. The number of nitrogens with one attached hydrogen (secondary N) is 1. The summed E-state index contributed by atoms with van der Waals surface area (Å²) in [5, 5.41) is 3.79. The summed E-state index contributed by atoms with van der Waals surface area (Å²) in [6.45, 7) is 4.35. The van der Waals surface area contributed by atoms with Gasteiger partial charge in [0.15, 0.2) is 0 Å². The lowest BCUT2D eigenvalue weighted by molar-refractivity contribution is 0.516. The Kier molecular flexibility index (Phi) is 4.89. The fourth-order valence-corrected chi connectivity index (χ4v) is 2.88. The van der Waals surface area contributed by atoms with E-state index in [1.54, 1.807) is 0 Å². The summed E-state index contributed by atoms with van der Waals surface area (Å²) in [5.41, 5.74) is 5.19. The van der Waals surface area contributed by atoms with E-state index in [4.69, 9.17) is 0 Å². The highest BCUT2D eigenvalue weighted by molar-refractivity contribution is 5.33. The van der Waals surface area contributed by atoms with Crippen molar-refractivity contribution in [2.45, 2.75) is 25.9 Å². The normalized spacial score (nSPS) is 12.3. The van der Waals surface area contributed by atoms with Gasteiger partial charge in [-0.2, -0.15) is 0 Å². The van der Waals surface area contributed by atoms with E-state index in [1.807, 2.05) is 0 Å². The van der Waals surface area contributed by atoms with E-state index in [0.717, 1.165) is 0 Å². The summed E-state index contributed by atoms with van der Waals surface area (Å²) >= 11 is 0. The van der Waals surface area contributed by atoms with Gasteiger partial charge in [0.2, 0.25) is 0 Å². The molecule has 0 spiro atoms. The van der Waals surface area contributed by atoms with Gasteiger partial charge in [-0.25, -0.2) is 0 Å². The summed E-state index contributed by atoms with van der Waals surface area (Å²) in [7, 11) is 0. The maximum Gasteiger partial charge on any atom is 0.0581 e. The first kappa shape index (κ1) is 15.5. The van der Waals surface area contributed by atoms with Gasteiger partial charge < -0.3 is 0 Å². The fourth-order valence-electron chi connectivity index (χ4n) is 2.88. The van der Waals surface area contributed by atoms with E-state index in [0.29, 0.717) is 0 Å². The first-order valence-corrected chi connectivity index (χ1v) is 8.16. The van der Waals surface area contributed by atoms with E-state index in [2.05, 4.69) is 104 Å². The summed E-state index contributed by atoms with van der Waals surface area (Å²) in [6, 6.07) is 30.5. The zero-order valence-corrected chi connectivity index (χ0v) is 13.7. The number of benzene rings is 3. The van der Waals surface area contributed by atoms with Crippen molar-refractivity contribution in [3.63, 3.8) is 0 Å². The monoisotopic (exact) mass is 301 g/mol. The van der Waals surface area contributed by atoms with E-state index >= 15 is 0 Å². The van der Waals surface area contributed by atoms with Crippen LogP contribution in [-0.2, 0) is 0 Å². The molecular formula is C22H23N. The minimum atomic E-state index is 0.189. The van der Waals surface area contributed by atoms with Crippen LogP contribution in [0.15, 0.2) is 84.9 Å². The van der Waals surface area contributed by atoms with Crippen molar-refractivity contribution in [3.05, 3.63) is 107 Å². The Morgan fingerprint density at radius 2 is 1.09 bits per heavy atom. The molecule has 0 fully saturated rings. The van der Waals surface area contributed by atoms with Gasteiger partial charge in [0.25, 0.3) is 0 Å².